The van der Waals surface area contributed by atoms with Crippen LogP contribution in [0.3, 0.4) is 0 Å². The summed E-state index contributed by atoms with van der Waals surface area (Å²) in [5.74, 6) is 0.165. The van der Waals surface area contributed by atoms with Crippen molar-refractivity contribution in [1.82, 2.24) is 0 Å². The van der Waals surface area contributed by atoms with E-state index >= 15 is 0 Å². The maximum Gasteiger partial charge on any atom is 0.330 e. The van der Waals surface area contributed by atoms with E-state index in [0.29, 0.717) is 18.9 Å². The van der Waals surface area contributed by atoms with Crippen LogP contribution in [0.5, 0.6) is 0 Å². The van der Waals surface area contributed by atoms with Gasteiger partial charge in [0.1, 0.15) is 6.04 Å². The number of benzene rings is 2. The minimum absolute atomic E-state index is 0.243. The lowest BCUT2D eigenvalue weighted by atomic mass is 9.98. The van der Waals surface area contributed by atoms with Crippen LogP contribution in [-0.2, 0) is 9.53 Å². The molecule has 0 bridgehead atoms. The second-order valence-corrected chi connectivity index (χ2v) is 6.23. The molecule has 132 valence electrons. The molecule has 0 heterocycles. The Labute approximate surface area is 150 Å². The number of hydrogen-bond acceptors (Lipinski definition) is 3. The summed E-state index contributed by atoms with van der Waals surface area (Å²) in [6.45, 7) is 6.48. The van der Waals surface area contributed by atoms with E-state index in [2.05, 4.69) is 13.8 Å². The van der Waals surface area contributed by atoms with Gasteiger partial charge < -0.3 is 4.74 Å². The Kier molecular flexibility index (Phi) is 7.39. The molecule has 0 aliphatic carbocycles. The van der Waals surface area contributed by atoms with Crippen LogP contribution in [0.25, 0.3) is 0 Å². The van der Waals surface area contributed by atoms with Gasteiger partial charge >= 0.3 is 5.97 Å². The van der Waals surface area contributed by atoms with Gasteiger partial charge in [0.15, 0.2) is 0 Å². The Balaban J connectivity index is 2.46. The maximum absolute atomic E-state index is 12.5. The van der Waals surface area contributed by atoms with Gasteiger partial charge in [0.05, 0.1) is 12.3 Å². The van der Waals surface area contributed by atoms with Crippen LogP contribution in [0.15, 0.2) is 65.7 Å². The highest BCUT2D eigenvalue weighted by Gasteiger charge is 2.22. The normalized spacial score (nSPS) is 12.9. The van der Waals surface area contributed by atoms with Crippen molar-refractivity contribution in [3.63, 3.8) is 0 Å². The van der Waals surface area contributed by atoms with E-state index in [1.807, 2.05) is 67.6 Å². The fourth-order valence-electron chi connectivity index (χ4n) is 2.65. The van der Waals surface area contributed by atoms with Crippen LogP contribution >= 0.6 is 0 Å². The van der Waals surface area contributed by atoms with Crippen molar-refractivity contribution in [3.05, 3.63) is 71.8 Å². The fourth-order valence-corrected chi connectivity index (χ4v) is 2.65. The standard InChI is InChI=1S/C22H27NO2/c1-4-17(3)16-20(22(24)25-5-2)23-21(18-12-8-6-9-13-18)19-14-10-7-11-15-19/h6-15,17,20H,4-5,16H2,1-3H3. The Morgan fingerprint density at radius 1 is 0.960 bits per heavy atom. The van der Waals surface area contributed by atoms with E-state index in [1.54, 1.807) is 0 Å². The largest absolute Gasteiger partial charge is 0.464 e. The van der Waals surface area contributed by atoms with Gasteiger partial charge in [-0.1, -0.05) is 80.9 Å². The van der Waals surface area contributed by atoms with Gasteiger partial charge in [-0.2, -0.15) is 0 Å². The number of rotatable bonds is 8. The summed E-state index contributed by atoms with van der Waals surface area (Å²) in [7, 11) is 0. The summed E-state index contributed by atoms with van der Waals surface area (Å²) >= 11 is 0. The number of hydrogen-bond donors (Lipinski definition) is 0. The smallest absolute Gasteiger partial charge is 0.330 e. The summed E-state index contributed by atoms with van der Waals surface area (Å²) in [6, 6.07) is 19.5. The zero-order valence-corrected chi connectivity index (χ0v) is 15.3. The number of esters is 1. The Morgan fingerprint density at radius 3 is 1.92 bits per heavy atom. The quantitative estimate of drug-likeness (QED) is 0.508. The van der Waals surface area contributed by atoms with E-state index < -0.39 is 6.04 Å². The highest BCUT2D eigenvalue weighted by Crippen LogP contribution is 2.18. The molecule has 0 N–H and O–H groups in total. The SMILES string of the molecule is CCOC(=O)C(CC(C)CC)N=C(c1ccccc1)c1ccccc1. The molecular weight excluding hydrogens is 310 g/mol. The summed E-state index contributed by atoms with van der Waals surface area (Å²) in [5.41, 5.74) is 2.85. The lowest BCUT2D eigenvalue weighted by Crippen LogP contribution is -2.26. The van der Waals surface area contributed by atoms with Crippen LogP contribution in [0.2, 0.25) is 0 Å². The average Bonchev–Trinajstić information content (AvgIpc) is 2.66. The van der Waals surface area contributed by atoms with Crippen molar-refractivity contribution in [1.29, 1.82) is 0 Å². The number of carbonyl (C=O) groups excluding carboxylic acids is 1. The zero-order chi connectivity index (χ0) is 18.1. The van der Waals surface area contributed by atoms with Crippen molar-refractivity contribution in [2.75, 3.05) is 6.61 Å². The number of ether oxygens (including phenoxy) is 1. The highest BCUT2D eigenvalue weighted by molar-refractivity contribution is 6.13. The lowest BCUT2D eigenvalue weighted by molar-refractivity contribution is -0.145. The first-order valence-electron chi connectivity index (χ1n) is 9.01. The molecule has 0 spiro atoms. The van der Waals surface area contributed by atoms with E-state index in [1.165, 1.54) is 0 Å². The number of carbonyl (C=O) groups is 1. The molecule has 0 radical (unpaired) electrons. The molecule has 2 aromatic rings. The second kappa shape index (κ2) is 9.77. The molecule has 2 aromatic carbocycles. The molecule has 3 nitrogen and oxygen atoms in total. The maximum atomic E-state index is 12.5. The van der Waals surface area contributed by atoms with Gasteiger partial charge in [-0.15, -0.1) is 0 Å². The molecule has 0 saturated carbocycles. The van der Waals surface area contributed by atoms with E-state index in [0.717, 1.165) is 23.3 Å². The summed E-state index contributed by atoms with van der Waals surface area (Å²) in [4.78, 5) is 17.3. The minimum Gasteiger partial charge on any atom is -0.464 e. The first-order chi connectivity index (χ1) is 12.2. The molecule has 2 atom stereocenters. The number of aliphatic imine (C=N–C) groups is 1. The molecule has 25 heavy (non-hydrogen) atoms. The van der Waals surface area contributed by atoms with Gasteiger partial charge in [-0.05, 0) is 19.3 Å². The third-order valence-electron chi connectivity index (χ3n) is 4.26. The predicted molar refractivity (Wildman–Crippen MR) is 103 cm³/mol. The summed E-state index contributed by atoms with van der Waals surface area (Å²) in [6.07, 6.45) is 1.70. The van der Waals surface area contributed by atoms with Crippen LogP contribution in [0, 0.1) is 5.92 Å². The first-order valence-corrected chi connectivity index (χ1v) is 9.01. The molecule has 3 heteroatoms. The van der Waals surface area contributed by atoms with Crippen LogP contribution in [0.4, 0.5) is 0 Å². The van der Waals surface area contributed by atoms with Gasteiger partial charge in [-0.25, -0.2) is 4.79 Å². The molecule has 0 aromatic heterocycles. The third kappa shape index (κ3) is 5.56. The van der Waals surface area contributed by atoms with E-state index in [-0.39, 0.29) is 5.97 Å². The average molecular weight is 337 g/mol. The Bertz CT molecular complexity index is 638. The van der Waals surface area contributed by atoms with Crippen molar-refractivity contribution >= 4 is 11.7 Å². The third-order valence-corrected chi connectivity index (χ3v) is 4.26. The van der Waals surface area contributed by atoms with Crippen molar-refractivity contribution in [3.8, 4) is 0 Å². The van der Waals surface area contributed by atoms with Gasteiger partial charge in [0, 0.05) is 11.1 Å². The van der Waals surface area contributed by atoms with E-state index in [4.69, 9.17) is 9.73 Å². The van der Waals surface area contributed by atoms with Crippen LogP contribution < -0.4 is 0 Å². The van der Waals surface area contributed by atoms with Gasteiger partial charge in [-0.3, -0.25) is 4.99 Å². The van der Waals surface area contributed by atoms with Crippen LogP contribution in [0.1, 0.15) is 44.7 Å². The molecule has 0 aliphatic rings. The molecule has 0 aliphatic heterocycles. The zero-order valence-electron chi connectivity index (χ0n) is 15.3. The predicted octanol–water partition coefficient (Wildman–Crippen LogP) is 4.89. The Hall–Kier alpha value is -2.42. The monoisotopic (exact) mass is 337 g/mol. The van der Waals surface area contributed by atoms with Crippen molar-refractivity contribution in [2.45, 2.75) is 39.7 Å². The lowest BCUT2D eigenvalue weighted by Gasteiger charge is -2.18. The van der Waals surface area contributed by atoms with Gasteiger partial charge in [0.2, 0.25) is 0 Å². The van der Waals surface area contributed by atoms with Crippen molar-refractivity contribution in [2.24, 2.45) is 10.9 Å². The molecule has 0 saturated heterocycles. The molecule has 0 amide bonds. The highest BCUT2D eigenvalue weighted by atomic mass is 16.5. The first kappa shape index (κ1) is 18.9. The number of nitrogens with zero attached hydrogens (tertiary/aromatic N) is 1. The summed E-state index contributed by atoms with van der Waals surface area (Å²) < 4.78 is 5.28. The van der Waals surface area contributed by atoms with Crippen molar-refractivity contribution < 1.29 is 9.53 Å². The molecule has 0 fully saturated rings. The molecule has 2 rings (SSSR count). The second-order valence-electron chi connectivity index (χ2n) is 6.23. The summed E-state index contributed by atoms with van der Waals surface area (Å²) in [5, 5.41) is 0. The fraction of sp³-hybridized carbons (Fsp3) is 0.364. The van der Waals surface area contributed by atoms with Crippen LogP contribution in [-0.4, -0.2) is 24.3 Å². The van der Waals surface area contributed by atoms with Gasteiger partial charge in [0.25, 0.3) is 0 Å². The minimum atomic E-state index is -0.481. The Morgan fingerprint density at radius 2 is 1.48 bits per heavy atom. The van der Waals surface area contributed by atoms with E-state index in [9.17, 15) is 4.79 Å². The topological polar surface area (TPSA) is 38.7 Å². The molecular formula is C22H27NO2. The molecule has 2 unspecified atom stereocenters.